The third kappa shape index (κ3) is 2.71. The number of nitrogens with one attached hydrogen (secondary N) is 1. The van der Waals surface area contributed by atoms with Crippen LogP contribution >= 0.6 is 0 Å². The molecule has 1 unspecified atom stereocenters. The Morgan fingerprint density at radius 1 is 1.27 bits per heavy atom. The lowest BCUT2D eigenvalue weighted by molar-refractivity contribution is -0.940. The summed E-state index contributed by atoms with van der Waals surface area (Å²) in [5.41, 5.74) is 0. The first-order chi connectivity index (χ1) is 7.27. The van der Waals surface area contributed by atoms with Crippen molar-refractivity contribution in [1.29, 1.82) is 0 Å². The van der Waals surface area contributed by atoms with Crippen LogP contribution in [0.3, 0.4) is 0 Å². The van der Waals surface area contributed by atoms with Crippen LogP contribution in [0.2, 0.25) is 0 Å². The average Bonchev–Trinajstić information content (AvgIpc) is 2.26. The van der Waals surface area contributed by atoms with Crippen LogP contribution in [0.15, 0.2) is 0 Å². The van der Waals surface area contributed by atoms with E-state index in [9.17, 15) is 4.79 Å². The molecule has 2 saturated heterocycles. The molecule has 0 aromatic carbocycles. The highest BCUT2D eigenvalue weighted by molar-refractivity contribution is 5.65. The summed E-state index contributed by atoms with van der Waals surface area (Å²) in [7, 11) is 0. The van der Waals surface area contributed by atoms with E-state index in [1.165, 1.54) is 52.1 Å². The van der Waals surface area contributed by atoms with Gasteiger partial charge in [-0.3, -0.25) is 4.79 Å². The first-order valence-electron chi connectivity index (χ1n) is 6.25. The lowest BCUT2D eigenvalue weighted by atomic mass is 9.84. The zero-order chi connectivity index (χ0) is 10.7. The highest BCUT2D eigenvalue weighted by atomic mass is 16.5. The molecule has 1 N–H and O–H groups in total. The predicted octanol–water partition coefficient (Wildman–Crippen LogP) is 0.397. The van der Waals surface area contributed by atoms with Gasteiger partial charge >= 0.3 is 5.97 Å². The Balaban J connectivity index is 1.88. The molecule has 15 heavy (non-hydrogen) atoms. The topological polar surface area (TPSA) is 30.7 Å². The van der Waals surface area contributed by atoms with Gasteiger partial charge in [0.25, 0.3) is 0 Å². The van der Waals surface area contributed by atoms with Gasteiger partial charge in [-0.2, -0.15) is 0 Å². The summed E-state index contributed by atoms with van der Waals surface area (Å²) in [5, 5.41) is 0. The molecule has 0 radical (unpaired) electrons. The van der Waals surface area contributed by atoms with Crippen LogP contribution in [0, 0.1) is 5.92 Å². The number of carbonyl (C=O) groups is 1. The number of piperidine rings is 2. The molecule has 3 heteroatoms. The maximum atomic E-state index is 10.8. The molecule has 0 saturated carbocycles. The number of quaternary nitrogens is 1. The fraction of sp³-hybridized carbons (Fsp3) is 0.917. The summed E-state index contributed by atoms with van der Waals surface area (Å²) in [6.07, 6.45) is 6.64. The second-order valence-corrected chi connectivity index (χ2v) is 4.97. The van der Waals surface area contributed by atoms with Gasteiger partial charge in [0.1, 0.15) is 0 Å². The van der Waals surface area contributed by atoms with E-state index < -0.39 is 0 Å². The molecule has 2 aliphatic rings. The molecule has 0 amide bonds. The van der Waals surface area contributed by atoms with E-state index in [4.69, 9.17) is 4.74 Å². The second kappa shape index (κ2) is 4.97. The quantitative estimate of drug-likeness (QED) is 0.672. The standard InChI is InChI=1S/C12H21NO2/c1-10(14)15-9-11-5-4-8-13-7-3-2-6-12(11)13/h11-12H,2-9H2,1H3/p+1/t11-,12+/m0/s1. The number of esters is 1. The summed E-state index contributed by atoms with van der Waals surface area (Å²) in [4.78, 5) is 12.6. The average molecular weight is 212 g/mol. The van der Waals surface area contributed by atoms with Crippen LogP contribution in [-0.2, 0) is 9.53 Å². The van der Waals surface area contributed by atoms with Gasteiger partial charge in [-0.1, -0.05) is 0 Å². The maximum Gasteiger partial charge on any atom is 0.302 e. The minimum absolute atomic E-state index is 0.127. The molecular weight excluding hydrogens is 190 g/mol. The van der Waals surface area contributed by atoms with Gasteiger partial charge in [-0.25, -0.2) is 0 Å². The molecule has 0 aromatic heterocycles. The summed E-state index contributed by atoms with van der Waals surface area (Å²) in [6, 6.07) is 0.770. The molecule has 3 nitrogen and oxygen atoms in total. The van der Waals surface area contributed by atoms with Crippen LogP contribution in [0.5, 0.6) is 0 Å². The van der Waals surface area contributed by atoms with Crippen molar-refractivity contribution < 1.29 is 14.4 Å². The molecule has 2 aliphatic heterocycles. The maximum absolute atomic E-state index is 10.8. The molecular formula is C12H22NO2+. The molecule has 0 bridgehead atoms. The molecule has 0 aliphatic carbocycles. The van der Waals surface area contributed by atoms with Crippen LogP contribution < -0.4 is 4.90 Å². The number of ether oxygens (including phenoxy) is 1. The van der Waals surface area contributed by atoms with Crippen molar-refractivity contribution in [2.45, 2.75) is 45.1 Å². The molecule has 2 rings (SSSR count). The lowest BCUT2D eigenvalue weighted by Crippen LogP contribution is -3.18. The summed E-state index contributed by atoms with van der Waals surface area (Å²) < 4.78 is 5.18. The van der Waals surface area contributed by atoms with Gasteiger partial charge in [0, 0.05) is 12.8 Å². The van der Waals surface area contributed by atoms with E-state index >= 15 is 0 Å². The zero-order valence-corrected chi connectivity index (χ0v) is 9.63. The predicted molar refractivity (Wildman–Crippen MR) is 57.7 cm³/mol. The first kappa shape index (κ1) is 10.9. The van der Waals surface area contributed by atoms with Crippen LogP contribution in [-0.4, -0.2) is 31.7 Å². The van der Waals surface area contributed by atoms with Crippen LogP contribution in [0.25, 0.3) is 0 Å². The first-order valence-corrected chi connectivity index (χ1v) is 6.25. The Morgan fingerprint density at radius 2 is 2.07 bits per heavy atom. The van der Waals surface area contributed by atoms with Crippen molar-refractivity contribution in [3.05, 3.63) is 0 Å². The van der Waals surface area contributed by atoms with E-state index in [-0.39, 0.29) is 5.97 Å². The second-order valence-electron chi connectivity index (χ2n) is 4.97. The van der Waals surface area contributed by atoms with Crippen molar-refractivity contribution in [3.8, 4) is 0 Å². The summed E-state index contributed by atoms with van der Waals surface area (Å²) >= 11 is 0. The van der Waals surface area contributed by atoms with E-state index in [0.29, 0.717) is 12.5 Å². The Hall–Kier alpha value is -0.570. The number of hydrogen-bond donors (Lipinski definition) is 1. The highest BCUT2D eigenvalue weighted by Gasteiger charge is 2.36. The Bertz CT molecular complexity index is 228. The molecule has 0 aromatic rings. The third-order valence-electron chi connectivity index (χ3n) is 3.93. The van der Waals surface area contributed by atoms with Crippen molar-refractivity contribution in [3.63, 3.8) is 0 Å². The zero-order valence-electron chi connectivity index (χ0n) is 9.63. The molecule has 0 spiro atoms. The number of rotatable bonds is 2. The van der Waals surface area contributed by atoms with Gasteiger partial charge in [-0.05, 0) is 32.1 Å². The highest BCUT2D eigenvalue weighted by Crippen LogP contribution is 2.20. The van der Waals surface area contributed by atoms with Crippen molar-refractivity contribution in [2.24, 2.45) is 5.92 Å². The molecule has 86 valence electrons. The van der Waals surface area contributed by atoms with Crippen LogP contribution in [0.1, 0.15) is 39.0 Å². The fourth-order valence-corrected chi connectivity index (χ4v) is 3.20. The number of carbonyl (C=O) groups excluding carboxylic acids is 1. The minimum atomic E-state index is -0.127. The Kier molecular flexibility index (Phi) is 3.62. The van der Waals surface area contributed by atoms with Gasteiger partial charge < -0.3 is 9.64 Å². The number of fused-ring (bicyclic) bond motifs is 1. The van der Waals surface area contributed by atoms with Crippen molar-refractivity contribution >= 4 is 5.97 Å². The molecule has 2 fully saturated rings. The monoisotopic (exact) mass is 212 g/mol. The van der Waals surface area contributed by atoms with Gasteiger partial charge in [-0.15, -0.1) is 0 Å². The van der Waals surface area contributed by atoms with E-state index in [0.717, 1.165) is 6.04 Å². The largest absolute Gasteiger partial charge is 0.465 e. The minimum Gasteiger partial charge on any atom is -0.465 e. The number of hydrogen-bond acceptors (Lipinski definition) is 2. The Labute approximate surface area is 91.8 Å². The van der Waals surface area contributed by atoms with E-state index in [1.807, 2.05) is 0 Å². The fourth-order valence-electron chi connectivity index (χ4n) is 3.20. The third-order valence-corrected chi connectivity index (χ3v) is 3.93. The van der Waals surface area contributed by atoms with Gasteiger partial charge in [0.15, 0.2) is 0 Å². The summed E-state index contributed by atoms with van der Waals surface area (Å²) in [6.45, 7) is 4.83. The normalized spacial score (nSPS) is 35.7. The van der Waals surface area contributed by atoms with E-state index in [1.54, 1.807) is 4.90 Å². The van der Waals surface area contributed by atoms with Gasteiger partial charge in [0.05, 0.1) is 25.7 Å². The Morgan fingerprint density at radius 3 is 2.87 bits per heavy atom. The van der Waals surface area contributed by atoms with Crippen molar-refractivity contribution in [2.75, 3.05) is 19.7 Å². The van der Waals surface area contributed by atoms with E-state index in [2.05, 4.69) is 0 Å². The lowest BCUT2D eigenvalue weighted by Gasteiger charge is -2.40. The molecule has 3 atom stereocenters. The smallest absolute Gasteiger partial charge is 0.302 e. The molecule has 2 heterocycles. The van der Waals surface area contributed by atoms with Gasteiger partial charge in [0.2, 0.25) is 0 Å². The van der Waals surface area contributed by atoms with Crippen molar-refractivity contribution in [1.82, 2.24) is 0 Å². The summed E-state index contributed by atoms with van der Waals surface area (Å²) in [5.74, 6) is 0.496. The SMILES string of the molecule is CC(=O)OC[C@@H]1CCC[NH+]2CCCC[C@H]12. The van der Waals surface area contributed by atoms with Crippen LogP contribution in [0.4, 0.5) is 0 Å².